The Kier molecular flexibility index (Phi) is 8.24. The first-order valence-corrected chi connectivity index (χ1v) is 14.6. The zero-order valence-electron chi connectivity index (χ0n) is 21.0. The molecule has 5 rings (SSSR count). The Labute approximate surface area is 222 Å². The number of carbonyl (C=O) groups excluding carboxylic acids is 2. The highest BCUT2D eigenvalue weighted by Gasteiger charge is 2.40. The molecule has 1 unspecified atom stereocenters. The molecule has 9 nitrogen and oxygen atoms in total. The smallest absolute Gasteiger partial charge is 0.233 e. The van der Waals surface area contributed by atoms with Crippen molar-refractivity contribution in [1.82, 2.24) is 19.8 Å². The van der Waals surface area contributed by atoms with E-state index in [1.165, 1.54) is 18.2 Å². The van der Waals surface area contributed by atoms with Crippen molar-refractivity contribution in [1.29, 1.82) is 0 Å². The van der Waals surface area contributed by atoms with Crippen LogP contribution in [0.5, 0.6) is 0 Å². The second-order valence-electron chi connectivity index (χ2n) is 10.3. The first-order valence-electron chi connectivity index (χ1n) is 13.2. The van der Waals surface area contributed by atoms with Crippen LogP contribution >= 0.6 is 23.4 Å². The molecule has 1 spiro atoms. The van der Waals surface area contributed by atoms with Crippen LogP contribution in [-0.4, -0.2) is 95.1 Å². The highest BCUT2D eigenvalue weighted by atomic mass is 35.5. The van der Waals surface area contributed by atoms with E-state index >= 15 is 0 Å². The highest BCUT2D eigenvalue weighted by molar-refractivity contribution is 7.99. The Morgan fingerprint density at radius 2 is 1.81 bits per heavy atom. The highest BCUT2D eigenvalue weighted by Crippen LogP contribution is 2.32. The van der Waals surface area contributed by atoms with Gasteiger partial charge >= 0.3 is 0 Å². The summed E-state index contributed by atoms with van der Waals surface area (Å²) in [4.78, 5) is 41.0. The van der Waals surface area contributed by atoms with Crippen LogP contribution in [-0.2, 0) is 19.1 Å². The molecule has 4 fully saturated rings. The van der Waals surface area contributed by atoms with Gasteiger partial charge in [-0.3, -0.25) is 9.59 Å². The Bertz CT molecular complexity index is 946. The van der Waals surface area contributed by atoms with Crippen LogP contribution in [0.15, 0.2) is 11.2 Å². The molecule has 1 saturated carbocycles. The maximum absolute atomic E-state index is 13.1. The first kappa shape index (κ1) is 26.0. The first-order chi connectivity index (χ1) is 17.4. The summed E-state index contributed by atoms with van der Waals surface area (Å²) in [7, 11) is 0. The van der Waals surface area contributed by atoms with Gasteiger partial charge in [0.25, 0.3) is 0 Å². The van der Waals surface area contributed by atoms with Crippen molar-refractivity contribution in [3.8, 4) is 0 Å². The van der Waals surface area contributed by atoms with Crippen molar-refractivity contribution in [2.45, 2.75) is 68.9 Å². The van der Waals surface area contributed by atoms with Crippen LogP contribution in [0.1, 0.15) is 51.9 Å². The Balaban J connectivity index is 1.14. The van der Waals surface area contributed by atoms with Crippen LogP contribution in [0, 0.1) is 5.92 Å². The summed E-state index contributed by atoms with van der Waals surface area (Å²) < 4.78 is 11.5. The van der Waals surface area contributed by atoms with Gasteiger partial charge in [0.2, 0.25) is 11.8 Å². The van der Waals surface area contributed by atoms with Gasteiger partial charge in [-0.25, -0.2) is 9.97 Å². The van der Waals surface area contributed by atoms with Gasteiger partial charge in [-0.1, -0.05) is 42.6 Å². The molecule has 0 bridgehead atoms. The third-order valence-electron chi connectivity index (χ3n) is 7.87. The van der Waals surface area contributed by atoms with Gasteiger partial charge in [0, 0.05) is 63.6 Å². The summed E-state index contributed by atoms with van der Waals surface area (Å²) in [5.41, 5.74) is 0. The topological polar surface area (TPSA) is 88.1 Å². The maximum Gasteiger partial charge on any atom is 0.233 e. The number of halogens is 1. The molecule has 11 heteroatoms. The number of hydrogen-bond acceptors (Lipinski definition) is 8. The summed E-state index contributed by atoms with van der Waals surface area (Å²) in [6.45, 7) is 6.71. The Morgan fingerprint density at radius 1 is 1.08 bits per heavy atom. The fourth-order valence-electron chi connectivity index (χ4n) is 5.79. The van der Waals surface area contributed by atoms with Crippen molar-refractivity contribution in [3.63, 3.8) is 0 Å². The molecule has 3 saturated heterocycles. The Hall–Kier alpha value is -1.62. The number of ether oxygens (including phenoxy) is 2. The number of rotatable bonds is 5. The second-order valence-corrected chi connectivity index (χ2v) is 11.6. The molecule has 198 valence electrons. The van der Waals surface area contributed by atoms with Gasteiger partial charge < -0.3 is 24.2 Å². The molecule has 1 aliphatic carbocycles. The normalized spacial score (nSPS) is 24.9. The van der Waals surface area contributed by atoms with Gasteiger partial charge in [-0.15, -0.1) is 0 Å². The molecule has 0 aromatic carbocycles. The summed E-state index contributed by atoms with van der Waals surface area (Å²) >= 11 is 7.65. The van der Waals surface area contributed by atoms with E-state index in [-0.39, 0.29) is 23.6 Å². The number of anilines is 1. The number of nitrogens with zero attached hydrogens (tertiary/aromatic N) is 5. The number of piperidine rings is 1. The van der Waals surface area contributed by atoms with Crippen molar-refractivity contribution in [2.75, 3.05) is 56.6 Å². The standard InChI is InChI=1S/C25H36ClN5O4S/c1-18-16-30(11-12-31(18)23(33)19-5-3-2-4-6-19)21-15-20(26)27-24(28-21)36-17-22(32)29-9-7-25(8-10-29)34-13-14-35-25/h15,18-19H,2-14,16-17H2,1H3. The number of amides is 2. The fourth-order valence-corrected chi connectivity index (χ4v) is 6.77. The lowest BCUT2D eigenvalue weighted by atomic mass is 9.88. The van der Waals surface area contributed by atoms with E-state index in [0.29, 0.717) is 75.0 Å². The molecule has 1 aromatic rings. The number of aromatic nitrogens is 2. The van der Waals surface area contributed by atoms with E-state index in [4.69, 9.17) is 26.1 Å². The largest absolute Gasteiger partial charge is 0.353 e. The molecule has 0 N–H and O–H groups in total. The molecule has 4 aliphatic rings. The number of piperazine rings is 1. The molecule has 3 aliphatic heterocycles. The minimum absolute atomic E-state index is 0.0569. The van der Waals surface area contributed by atoms with Gasteiger partial charge in [0.1, 0.15) is 11.0 Å². The third-order valence-corrected chi connectivity index (χ3v) is 8.89. The SMILES string of the molecule is CC1CN(c2cc(Cl)nc(SCC(=O)N3CCC4(CC3)OCCO4)n2)CCN1C(=O)C1CCCCC1. The van der Waals surface area contributed by atoms with Gasteiger partial charge in [-0.05, 0) is 19.8 Å². The molecule has 36 heavy (non-hydrogen) atoms. The van der Waals surface area contributed by atoms with Gasteiger partial charge in [-0.2, -0.15) is 0 Å². The second kappa shape index (κ2) is 11.4. The molecular weight excluding hydrogens is 502 g/mol. The zero-order chi connectivity index (χ0) is 25.1. The summed E-state index contributed by atoms with van der Waals surface area (Å²) in [6, 6.07) is 1.87. The molecule has 2 amide bonds. The third kappa shape index (κ3) is 5.92. The average molecular weight is 538 g/mol. The van der Waals surface area contributed by atoms with Crippen LogP contribution < -0.4 is 4.90 Å². The number of likely N-dealkylation sites (tertiary alicyclic amines) is 1. The van der Waals surface area contributed by atoms with E-state index in [0.717, 1.165) is 31.5 Å². The number of thioether (sulfide) groups is 1. The zero-order valence-corrected chi connectivity index (χ0v) is 22.6. The van der Waals surface area contributed by atoms with E-state index < -0.39 is 5.79 Å². The van der Waals surface area contributed by atoms with Crippen LogP contribution in [0.4, 0.5) is 5.82 Å². The summed E-state index contributed by atoms with van der Waals surface area (Å²) in [6.07, 6.45) is 7.02. The average Bonchev–Trinajstić information content (AvgIpc) is 3.35. The molecule has 1 atom stereocenters. The van der Waals surface area contributed by atoms with E-state index in [1.807, 2.05) is 9.80 Å². The molecular formula is C25H36ClN5O4S. The minimum atomic E-state index is -0.489. The number of hydrogen-bond donors (Lipinski definition) is 0. The van der Waals surface area contributed by atoms with E-state index in [9.17, 15) is 9.59 Å². The van der Waals surface area contributed by atoms with Crippen molar-refractivity contribution in [3.05, 3.63) is 11.2 Å². The van der Waals surface area contributed by atoms with E-state index in [1.54, 1.807) is 6.07 Å². The van der Waals surface area contributed by atoms with Gasteiger partial charge in [0.05, 0.1) is 19.0 Å². The minimum Gasteiger partial charge on any atom is -0.353 e. The van der Waals surface area contributed by atoms with Gasteiger partial charge in [0.15, 0.2) is 10.9 Å². The predicted molar refractivity (Wildman–Crippen MR) is 138 cm³/mol. The monoisotopic (exact) mass is 537 g/mol. The van der Waals surface area contributed by atoms with Crippen LogP contribution in [0.2, 0.25) is 5.15 Å². The molecule has 4 heterocycles. The molecule has 0 radical (unpaired) electrons. The summed E-state index contributed by atoms with van der Waals surface area (Å²) in [5.74, 6) is 1.07. The molecule has 1 aromatic heterocycles. The van der Waals surface area contributed by atoms with Crippen LogP contribution in [0.3, 0.4) is 0 Å². The lowest BCUT2D eigenvalue weighted by molar-refractivity contribution is -0.186. The lowest BCUT2D eigenvalue weighted by Gasteiger charge is -2.42. The Morgan fingerprint density at radius 3 is 2.50 bits per heavy atom. The van der Waals surface area contributed by atoms with Crippen molar-refractivity contribution < 1.29 is 19.1 Å². The van der Waals surface area contributed by atoms with Crippen molar-refractivity contribution in [2.24, 2.45) is 5.92 Å². The predicted octanol–water partition coefficient (Wildman–Crippen LogP) is 3.21. The van der Waals surface area contributed by atoms with E-state index in [2.05, 4.69) is 16.8 Å². The van der Waals surface area contributed by atoms with Crippen LogP contribution in [0.25, 0.3) is 0 Å². The lowest BCUT2D eigenvalue weighted by Crippen LogP contribution is -2.55. The fraction of sp³-hybridized carbons (Fsp3) is 0.760. The quantitative estimate of drug-likeness (QED) is 0.321. The summed E-state index contributed by atoms with van der Waals surface area (Å²) in [5, 5.41) is 0.855. The van der Waals surface area contributed by atoms with Crippen molar-refractivity contribution >= 4 is 41.0 Å². The maximum atomic E-state index is 13.1. The number of carbonyl (C=O) groups is 2.